The predicted molar refractivity (Wildman–Crippen MR) is 23.9 cm³/mol. The van der Waals surface area contributed by atoms with E-state index in [1.54, 1.807) is 6.92 Å². The summed E-state index contributed by atoms with van der Waals surface area (Å²) in [5.41, 5.74) is 5.10. The molecular formula is C4H11N. The summed E-state index contributed by atoms with van der Waals surface area (Å²) in [7, 11) is 0. The van der Waals surface area contributed by atoms with Crippen molar-refractivity contribution in [3.8, 4) is 0 Å². The maximum Gasteiger partial charge on any atom is 0.0234 e. The van der Waals surface area contributed by atoms with Gasteiger partial charge in [-0.15, -0.1) is 0 Å². The maximum atomic E-state index is 6.79. The molecule has 0 aromatic heterocycles. The highest BCUT2D eigenvalue weighted by atomic mass is 14.5. The standard InChI is InChI=1S/C4H11N/c1-4(2)3-5/h4H,3,5H2,1-2H3/i1D3. The Bertz CT molecular complexity index is 68.2. The van der Waals surface area contributed by atoms with Gasteiger partial charge in [0.2, 0.25) is 0 Å². The third-order valence-corrected chi connectivity index (χ3v) is 0.354. The molecule has 0 fully saturated rings. The Kier molecular flexibility index (Phi) is 0.711. The number of nitrogens with two attached hydrogens (primary N) is 1. The van der Waals surface area contributed by atoms with Crippen molar-refractivity contribution in [2.24, 2.45) is 11.7 Å². The zero-order chi connectivity index (χ0) is 6.78. The monoisotopic (exact) mass is 76.1 g/mol. The SMILES string of the molecule is [2H]C([2H])([2H])C(C)CN. The lowest BCUT2D eigenvalue weighted by atomic mass is 10.2. The van der Waals surface area contributed by atoms with Gasteiger partial charge in [-0.2, -0.15) is 0 Å². The van der Waals surface area contributed by atoms with Gasteiger partial charge in [0.05, 0.1) is 0 Å². The van der Waals surface area contributed by atoms with Gasteiger partial charge in [-0.1, -0.05) is 13.8 Å². The van der Waals surface area contributed by atoms with Crippen molar-refractivity contribution < 1.29 is 4.11 Å². The van der Waals surface area contributed by atoms with Gasteiger partial charge < -0.3 is 5.73 Å². The summed E-state index contributed by atoms with van der Waals surface area (Å²) < 4.78 is 20.4. The first-order valence-corrected chi connectivity index (χ1v) is 1.68. The van der Waals surface area contributed by atoms with E-state index in [0.29, 0.717) is 0 Å². The first-order valence-electron chi connectivity index (χ1n) is 3.18. The summed E-state index contributed by atoms with van der Waals surface area (Å²) in [5, 5.41) is 0. The van der Waals surface area contributed by atoms with Gasteiger partial charge in [0.1, 0.15) is 0 Å². The lowest BCUT2D eigenvalue weighted by Crippen LogP contribution is -2.05. The van der Waals surface area contributed by atoms with Crippen LogP contribution >= 0.6 is 0 Å². The molecular weight excluding hydrogens is 62.1 g/mol. The van der Waals surface area contributed by atoms with Crippen molar-refractivity contribution in [3.05, 3.63) is 0 Å². The number of hydrogen-bond acceptors (Lipinski definition) is 1. The Morgan fingerprint density at radius 1 is 2.20 bits per heavy atom. The van der Waals surface area contributed by atoms with Gasteiger partial charge in [0.25, 0.3) is 0 Å². The highest BCUT2D eigenvalue weighted by molar-refractivity contribution is 4.38. The van der Waals surface area contributed by atoms with Crippen molar-refractivity contribution in [3.63, 3.8) is 0 Å². The molecule has 1 unspecified atom stereocenters. The normalized spacial score (nSPS) is 26.4. The van der Waals surface area contributed by atoms with E-state index in [1.807, 2.05) is 0 Å². The van der Waals surface area contributed by atoms with Crippen LogP contribution in [0.4, 0.5) is 0 Å². The molecule has 0 aromatic rings. The molecule has 1 atom stereocenters. The van der Waals surface area contributed by atoms with Crippen LogP contribution in [0.2, 0.25) is 0 Å². The van der Waals surface area contributed by atoms with Gasteiger partial charge in [0, 0.05) is 4.11 Å². The zero-order valence-electron chi connectivity index (χ0n) is 6.36. The summed E-state index contributed by atoms with van der Waals surface area (Å²) in [6, 6.07) is 0. The van der Waals surface area contributed by atoms with Gasteiger partial charge in [-0.05, 0) is 12.5 Å². The summed E-state index contributed by atoms with van der Waals surface area (Å²) in [6.45, 7) is -0.0156. The molecule has 0 amide bonds. The van der Waals surface area contributed by atoms with Crippen LogP contribution < -0.4 is 5.73 Å². The quantitative estimate of drug-likeness (QED) is 0.486. The molecule has 32 valence electrons. The second-order valence-electron chi connectivity index (χ2n) is 1.14. The van der Waals surface area contributed by atoms with Gasteiger partial charge in [-0.25, -0.2) is 0 Å². The van der Waals surface area contributed by atoms with E-state index in [1.165, 1.54) is 0 Å². The van der Waals surface area contributed by atoms with E-state index >= 15 is 0 Å². The molecule has 0 aliphatic rings. The molecule has 2 N–H and O–H groups in total. The van der Waals surface area contributed by atoms with Crippen LogP contribution in [0.5, 0.6) is 0 Å². The molecule has 0 radical (unpaired) electrons. The first-order chi connectivity index (χ1) is 3.48. The van der Waals surface area contributed by atoms with Gasteiger partial charge >= 0.3 is 0 Å². The Morgan fingerprint density at radius 2 is 2.80 bits per heavy atom. The molecule has 1 heteroatoms. The van der Waals surface area contributed by atoms with Crippen molar-refractivity contribution >= 4 is 0 Å². The van der Waals surface area contributed by atoms with Crippen molar-refractivity contribution in [1.82, 2.24) is 0 Å². The first kappa shape index (κ1) is 1.61. The molecule has 0 rings (SSSR count). The van der Waals surface area contributed by atoms with E-state index in [2.05, 4.69) is 0 Å². The topological polar surface area (TPSA) is 26.0 Å². The lowest BCUT2D eigenvalue weighted by Gasteiger charge is -1.91. The minimum atomic E-state index is -1.87. The fraction of sp³-hybridized carbons (Fsp3) is 1.00. The van der Waals surface area contributed by atoms with E-state index in [0.717, 1.165) is 0 Å². The minimum absolute atomic E-state index is 0.233. The lowest BCUT2D eigenvalue weighted by molar-refractivity contribution is 0.664. The third kappa shape index (κ3) is 3.96. The summed E-state index contributed by atoms with van der Waals surface area (Å²) in [6.07, 6.45) is 0. The maximum absolute atomic E-state index is 6.79. The number of rotatable bonds is 1. The van der Waals surface area contributed by atoms with E-state index < -0.39 is 6.85 Å². The molecule has 0 aromatic carbocycles. The average molecular weight is 76.2 g/mol. The van der Waals surface area contributed by atoms with Crippen LogP contribution in [0.25, 0.3) is 0 Å². The molecule has 1 nitrogen and oxygen atoms in total. The van der Waals surface area contributed by atoms with Crippen LogP contribution in [0.1, 0.15) is 17.9 Å². The highest BCUT2D eigenvalue weighted by Gasteiger charge is 1.80. The molecule has 0 bridgehead atoms. The average Bonchev–Trinajstić information content (AvgIpc) is 1.62. The second-order valence-corrected chi connectivity index (χ2v) is 1.14. The summed E-state index contributed by atoms with van der Waals surface area (Å²) in [5.74, 6) is -0.373. The molecule has 0 saturated carbocycles. The molecule has 5 heavy (non-hydrogen) atoms. The smallest absolute Gasteiger partial charge is 0.0234 e. The van der Waals surface area contributed by atoms with Crippen LogP contribution in [-0.4, -0.2) is 6.54 Å². The molecule has 0 aliphatic heterocycles. The molecule has 0 saturated heterocycles. The Balaban J connectivity index is 3.62. The second kappa shape index (κ2) is 2.21. The van der Waals surface area contributed by atoms with Crippen LogP contribution in [0, 0.1) is 5.92 Å². The largest absolute Gasteiger partial charge is 0.330 e. The fourth-order valence-electron chi connectivity index (χ4n) is 0. The summed E-state index contributed by atoms with van der Waals surface area (Å²) >= 11 is 0. The number of hydrogen-bond donors (Lipinski definition) is 1. The molecule has 0 heterocycles. The molecule has 0 spiro atoms. The van der Waals surface area contributed by atoms with Gasteiger partial charge in [0.15, 0.2) is 0 Å². The van der Waals surface area contributed by atoms with E-state index in [9.17, 15) is 0 Å². The third-order valence-electron chi connectivity index (χ3n) is 0.354. The van der Waals surface area contributed by atoms with Crippen LogP contribution in [-0.2, 0) is 0 Å². The predicted octanol–water partition coefficient (Wildman–Crippen LogP) is 0.601. The zero-order valence-corrected chi connectivity index (χ0v) is 3.36. The van der Waals surface area contributed by atoms with Gasteiger partial charge in [-0.3, -0.25) is 0 Å². The fourth-order valence-corrected chi connectivity index (χ4v) is 0. The van der Waals surface area contributed by atoms with Crippen molar-refractivity contribution in [2.75, 3.05) is 6.54 Å². The van der Waals surface area contributed by atoms with Crippen molar-refractivity contribution in [2.45, 2.75) is 13.8 Å². The summed E-state index contributed by atoms with van der Waals surface area (Å²) in [4.78, 5) is 0. The van der Waals surface area contributed by atoms with Crippen LogP contribution in [0.3, 0.4) is 0 Å². The van der Waals surface area contributed by atoms with Crippen molar-refractivity contribution in [1.29, 1.82) is 0 Å². The Hall–Kier alpha value is -0.0400. The Morgan fingerprint density at radius 3 is 2.80 bits per heavy atom. The Labute approximate surface area is 37.4 Å². The van der Waals surface area contributed by atoms with E-state index in [4.69, 9.17) is 9.85 Å². The highest BCUT2D eigenvalue weighted by Crippen LogP contribution is 1.81. The minimum Gasteiger partial charge on any atom is -0.330 e. The van der Waals surface area contributed by atoms with E-state index in [-0.39, 0.29) is 12.5 Å². The molecule has 0 aliphatic carbocycles. The van der Waals surface area contributed by atoms with Crippen LogP contribution in [0.15, 0.2) is 0 Å².